The van der Waals surface area contributed by atoms with Crippen molar-refractivity contribution in [2.75, 3.05) is 20.3 Å². The third-order valence-electron chi connectivity index (χ3n) is 1.85. The average Bonchev–Trinajstić information content (AvgIpc) is 2.21. The van der Waals surface area contributed by atoms with Gasteiger partial charge in [-0.1, -0.05) is 12.1 Å². The van der Waals surface area contributed by atoms with Crippen molar-refractivity contribution in [2.24, 2.45) is 5.73 Å². The number of hydrogen-bond donors (Lipinski definition) is 1. The summed E-state index contributed by atoms with van der Waals surface area (Å²) in [6.45, 7) is 1.99. The van der Waals surface area contributed by atoms with Crippen LogP contribution in [0.3, 0.4) is 0 Å². The molecule has 2 N–H and O–H groups in total. The van der Waals surface area contributed by atoms with E-state index in [0.29, 0.717) is 19.8 Å². The zero-order chi connectivity index (χ0) is 10.2. The van der Waals surface area contributed by atoms with Crippen LogP contribution in [0, 0.1) is 0 Å². The van der Waals surface area contributed by atoms with E-state index in [0.717, 1.165) is 17.7 Å². The molecule has 78 valence electrons. The van der Waals surface area contributed by atoms with E-state index < -0.39 is 0 Å². The van der Waals surface area contributed by atoms with Crippen LogP contribution < -0.4 is 10.5 Å². The minimum atomic E-state index is 0.642. The summed E-state index contributed by atoms with van der Waals surface area (Å²) in [5, 5.41) is 0. The molecular formula is C11H17NO2. The average molecular weight is 195 g/mol. The molecule has 1 aromatic rings. The van der Waals surface area contributed by atoms with Gasteiger partial charge in [0.15, 0.2) is 0 Å². The standard InChI is InChI=1S/C11H17NO2/c1-13-9-10-3-5-11(6-4-10)14-8-2-7-12/h3-6H,2,7-9,12H2,1H3. The van der Waals surface area contributed by atoms with Gasteiger partial charge >= 0.3 is 0 Å². The number of nitrogens with two attached hydrogens (primary N) is 1. The van der Waals surface area contributed by atoms with E-state index in [9.17, 15) is 0 Å². The maximum Gasteiger partial charge on any atom is 0.119 e. The summed E-state index contributed by atoms with van der Waals surface area (Å²) in [6.07, 6.45) is 0.889. The van der Waals surface area contributed by atoms with E-state index in [1.165, 1.54) is 0 Å². The zero-order valence-corrected chi connectivity index (χ0v) is 8.53. The maximum absolute atomic E-state index is 5.46. The van der Waals surface area contributed by atoms with Crippen molar-refractivity contribution in [3.63, 3.8) is 0 Å². The molecule has 0 amide bonds. The smallest absolute Gasteiger partial charge is 0.119 e. The fourth-order valence-electron chi connectivity index (χ4n) is 1.12. The van der Waals surface area contributed by atoms with Gasteiger partial charge in [0.25, 0.3) is 0 Å². The van der Waals surface area contributed by atoms with Crippen LogP contribution in [-0.4, -0.2) is 20.3 Å². The molecule has 14 heavy (non-hydrogen) atoms. The van der Waals surface area contributed by atoms with Gasteiger partial charge in [-0.2, -0.15) is 0 Å². The second-order valence-corrected chi connectivity index (χ2v) is 3.07. The number of hydrogen-bond acceptors (Lipinski definition) is 3. The summed E-state index contributed by atoms with van der Waals surface area (Å²) in [5.41, 5.74) is 6.51. The molecule has 0 fully saturated rings. The Bertz CT molecular complexity index is 246. The van der Waals surface area contributed by atoms with E-state index in [2.05, 4.69) is 0 Å². The summed E-state index contributed by atoms with van der Waals surface area (Å²) in [6, 6.07) is 7.90. The lowest BCUT2D eigenvalue weighted by atomic mass is 10.2. The first kappa shape index (κ1) is 11.0. The first-order valence-electron chi connectivity index (χ1n) is 4.77. The van der Waals surface area contributed by atoms with Crippen molar-refractivity contribution in [2.45, 2.75) is 13.0 Å². The first-order chi connectivity index (χ1) is 6.86. The van der Waals surface area contributed by atoms with Crippen LogP contribution in [0.5, 0.6) is 5.75 Å². The molecule has 1 rings (SSSR count). The Hall–Kier alpha value is -1.06. The number of benzene rings is 1. The monoisotopic (exact) mass is 195 g/mol. The normalized spacial score (nSPS) is 10.1. The number of ether oxygens (including phenoxy) is 2. The largest absolute Gasteiger partial charge is 0.494 e. The highest BCUT2D eigenvalue weighted by molar-refractivity contribution is 5.26. The minimum Gasteiger partial charge on any atom is -0.494 e. The highest BCUT2D eigenvalue weighted by atomic mass is 16.5. The minimum absolute atomic E-state index is 0.642. The lowest BCUT2D eigenvalue weighted by Gasteiger charge is -2.05. The molecule has 0 heterocycles. The van der Waals surface area contributed by atoms with Crippen molar-refractivity contribution >= 4 is 0 Å². The molecule has 0 aliphatic heterocycles. The Kier molecular flexibility index (Phi) is 5.04. The molecule has 3 heteroatoms. The summed E-state index contributed by atoms with van der Waals surface area (Å²) >= 11 is 0. The van der Waals surface area contributed by atoms with Gasteiger partial charge in [0, 0.05) is 7.11 Å². The van der Waals surface area contributed by atoms with Crippen LogP contribution in [0.25, 0.3) is 0 Å². The van der Waals surface area contributed by atoms with Crippen LogP contribution in [0.4, 0.5) is 0 Å². The molecule has 0 atom stereocenters. The third-order valence-corrected chi connectivity index (χ3v) is 1.85. The Morgan fingerprint density at radius 1 is 1.21 bits per heavy atom. The second kappa shape index (κ2) is 6.40. The molecule has 0 saturated heterocycles. The highest BCUT2D eigenvalue weighted by Gasteiger charge is 1.94. The van der Waals surface area contributed by atoms with Gasteiger partial charge in [-0.05, 0) is 30.7 Å². The fraction of sp³-hybridized carbons (Fsp3) is 0.455. The Morgan fingerprint density at radius 2 is 1.93 bits per heavy atom. The van der Waals surface area contributed by atoms with Crippen molar-refractivity contribution in [3.8, 4) is 5.75 Å². The molecule has 0 aliphatic rings. The summed E-state index contributed by atoms with van der Waals surface area (Å²) in [5.74, 6) is 0.887. The maximum atomic E-state index is 5.46. The molecule has 0 aliphatic carbocycles. The van der Waals surface area contributed by atoms with Gasteiger partial charge in [-0.25, -0.2) is 0 Å². The Morgan fingerprint density at radius 3 is 2.50 bits per heavy atom. The molecular weight excluding hydrogens is 178 g/mol. The van der Waals surface area contributed by atoms with Gasteiger partial charge in [-0.3, -0.25) is 0 Å². The van der Waals surface area contributed by atoms with Crippen LogP contribution in [-0.2, 0) is 11.3 Å². The quantitative estimate of drug-likeness (QED) is 0.701. The predicted molar refractivity (Wildman–Crippen MR) is 56.3 cm³/mol. The van der Waals surface area contributed by atoms with E-state index in [-0.39, 0.29) is 0 Å². The van der Waals surface area contributed by atoms with E-state index >= 15 is 0 Å². The summed E-state index contributed by atoms with van der Waals surface area (Å²) in [4.78, 5) is 0. The molecule has 0 radical (unpaired) electrons. The summed E-state index contributed by atoms with van der Waals surface area (Å²) < 4.78 is 10.5. The molecule has 0 aromatic heterocycles. The Balaban J connectivity index is 2.38. The van der Waals surface area contributed by atoms with Crippen LogP contribution >= 0.6 is 0 Å². The van der Waals surface area contributed by atoms with Gasteiger partial charge in [-0.15, -0.1) is 0 Å². The second-order valence-electron chi connectivity index (χ2n) is 3.07. The fourth-order valence-corrected chi connectivity index (χ4v) is 1.12. The van der Waals surface area contributed by atoms with Gasteiger partial charge in [0.1, 0.15) is 5.75 Å². The van der Waals surface area contributed by atoms with Crippen molar-refractivity contribution in [1.82, 2.24) is 0 Å². The molecule has 0 spiro atoms. The Labute approximate surface area is 84.8 Å². The van der Waals surface area contributed by atoms with Crippen LogP contribution in [0.1, 0.15) is 12.0 Å². The number of methoxy groups -OCH3 is 1. The van der Waals surface area contributed by atoms with Crippen LogP contribution in [0.15, 0.2) is 24.3 Å². The first-order valence-corrected chi connectivity index (χ1v) is 4.77. The SMILES string of the molecule is COCc1ccc(OCCCN)cc1. The van der Waals surface area contributed by atoms with Crippen molar-refractivity contribution in [3.05, 3.63) is 29.8 Å². The van der Waals surface area contributed by atoms with E-state index in [1.807, 2.05) is 24.3 Å². The molecule has 1 aromatic carbocycles. The molecule has 0 saturated carbocycles. The lowest BCUT2D eigenvalue weighted by Crippen LogP contribution is -2.06. The zero-order valence-electron chi connectivity index (χ0n) is 8.53. The molecule has 0 bridgehead atoms. The molecule has 0 unspecified atom stereocenters. The van der Waals surface area contributed by atoms with Crippen molar-refractivity contribution < 1.29 is 9.47 Å². The third kappa shape index (κ3) is 3.77. The lowest BCUT2D eigenvalue weighted by molar-refractivity contribution is 0.185. The van der Waals surface area contributed by atoms with E-state index in [1.54, 1.807) is 7.11 Å². The van der Waals surface area contributed by atoms with Gasteiger partial charge in [0.2, 0.25) is 0 Å². The number of rotatable bonds is 6. The summed E-state index contributed by atoms with van der Waals surface area (Å²) in [7, 11) is 1.69. The van der Waals surface area contributed by atoms with Crippen LogP contribution in [0.2, 0.25) is 0 Å². The predicted octanol–water partition coefficient (Wildman–Crippen LogP) is 1.56. The van der Waals surface area contributed by atoms with Gasteiger partial charge in [0.05, 0.1) is 13.2 Å². The molecule has 3 nitrogen and oxygen atoms in total. The van der Waals surface area contributed by atoms with E-state index in [4.69, 9.17) is 15.2 Å². The van der Waals surface area contributed by atoms with Gasteiger partial charge < -0.3 is 15.2 Å². The van der Waals surface area contributed by atoms with Crippen molar-refractivity contribution in [1.29, 1.82) is 0 Å². The highest BCUT2D eigenvalue weighted by Crippen LogP contribution is 2.12. The topological polar surface area (TPSA) is 44.5 Å².